The minimum atomic E-state index is 0.377. The highest BCUT2D eigenvalue weighted by Gasteiger charge is 2.19. The molecule has 0 atom stereocenters. The normalized spacial score (nSPS) is 11.1. The van der Waals surface area contributed by atoms with Crippen LogP contribution in [0.4, 0.5) is 0 Å². The number of aromatic nitrogens is 6. The molecule has 0 aliphatic heterocycles. The lowest BCUT2D eigenvalue weighted by Crippen LogP contribution is -1.99. The summed E-state index contributed by atoms with van der Waals surface area (Å²) in [6, 6.07) is 3.86. The molecule has 0 aliphatic carbocycles. The van der Waals surface area contributed by atoms with E-state index in [4.69, 9.17) is 4.52 Å². The molecule has 8 heteroatoms. The van der Waals surface area contributed by atoms with Crippen LogP contribution in [0.3, 0.4) is 0 Å². The van der Waals surface area contributed by atoms with Gasteiger partial charge < -0.3 is 4.52 Å². The van der Waals surface area contributed by atoms with E-state index < -0.39 is 0 Å². The quantitative estimate of drug-likeness (QED) is 0.543. The van der Waals surface area contributed by atoms with Crippen LogP contribution < -0.4 is 0 Å². The van der Waals surface area contributed by atoms with Crippen LogP contribution in [0.5, 0.6) is 0 Å². The van der Waals surface area contributed by atoms with Gasteiger partial charge in [-0.3, -0.25) is 4.98 Å². The highest BCUT2D eigenvalue weighted by atomic mass is 32.1. The predicted octanol–water partition coefficient (Wildman–Crippen LogP) is 3.95. The molecule has 0 aromatic carbocycles. The van der Waals surface area contributed by atoms with Gasteiger partial charge in [0.1, 0.15) is 9.88 Å². The first kappa shape index (κ1) is 16.5. The summed E-state index contributed by atoms with van der Waals surface area (Å²) in [7, 11) is 0. The Labute approximate surface area is 154 Å². The van der Waals surface area contributed by atoms with Gasteiger partial charge in [-0.15, -0.1) is 11.3 Å². The van der Waals surface area contributed by atoms with E-state index in [-0.39, 0.29) is 0 Å². The van der Waals surface area contributed by atoms with Crippen molar-refractivity contribution in [3.05, 3.63) is 47.2 Å². The lowest BCUT2D eigenvalue weighted by atomic mass is 10.2. The maximum atomic E-state index is 5.46. The van der Waals surface area contributed by atoms with Crippen LogP contribution in [0, 0.1) is 27.7 Å². The molecule has 0 N–H and O–H groups in total. The van der Waals surface area contributed by atoms with E-state index in [1.54, 1.807) is 12.4 Å². The fourth-order valence-electron chi connectivity index (χ4n) is 2.49. The van der Waals surface area contributed by atoms with Crippen molar-refractivity contribution in [3.63, 3.8) is 0 Å². The summed E-state index contributed by atoms with van der Waals surface area (Å²) >= 11 is 1.49. The Morgan fingerprint density at radius 2 is 1.65 bits per heavy atom. The number of pyridine rings is 1. The summed E-state index contributed by atoms with van der Waals surface area (Å²) in [6.45, 7) is 7.81. The molecule has 4 rings (SSSR count). The van der Waals surface area contributed by atoms with Gasteiger partial charge in [-0.1, -0.05) is 5.16 Å². The van der Waals surface area contributed by atoms with Crippen LogP contribution >= 0.6 is 11.3 Å². The molecule has 4 aromatic heterocycles. The van der Waals surface area contributed by atoms with Crippen molar-refractivity contribution in [3.8, 4) is 33.0 Å². The molecule has 7 nitrogen and oxygen atoms in total. The van der Waals surface area contributed by atoms with E-state index in [1.165, 1.54) is 11.3 Å². The van der Waals surface area contributed by atoms with E-state index in [2.05, 4.69) is 30.1 Å². The molecule has 26 heavy (non-hydrogen) atoms. The van der Waals surface area contributed by atoms with Gasteiger partial charge in [0.2, 0.25) is 11.6 Å². The van der Waals surface area contributed by atoms with Crippen molar-refractivity contribution in [2.75, 3.05) is 0 Å². The average molecular weight is 364 g/mol. The first-order valence-corrected chi connectivity index (χ1v) is 8.88. The van der Waals surface area contributed by atoms with Crippen molar-refractivity contribution in [1.82, 2.24) is 30.1 Å². The topological polar surface area (TPSA) is 90.5 Å². The molecule has 0 amide bonds. The van der Waals surface area contributed by atoms with Gasteiger partial charge in [0.25, 0.3) is 5.89 Å². The van der Waals surface area contributed by atoms with Crippen LogP contribution in [-0.4, -0.2) is 30.1 Å². The van der Waals surface area contributed by atoms with Gasteiger partial charge in [0, 0.05) is 29.3 Å². The number of thiazole rings is 1. The molecular formula is C18H16N6OS. The molecular weight excluding hydrogens is 348 g/mol. The highest BCUT2D eigenvalue weighted by molar-refractivity contribution is 7.18. The second-order valence-corrected chi connectivity index (χ2v) is 6.94. The van der Waals surface area contributed by atoms with Gasteiger partial charge in [-0.25, -0.2) is 15.0 Å². The summed E-state index contributed by atoms with van der Waals surface area (Å²) < 4.78 is 5.46. The maximum absolute atomic E-state index is 5.46. The van der Waals surface area contributed by atoms with Crippen LogP contribution in [0.25, 0.3) is 33.0 Å². The maximum Gasteiger partial charge on any atom is 0.270 e. The smallest absolute Gasteiger partial charge is 0.270 e. The first-order valence-electron chi connectivity index (χ1n) is 8.07. The SMILES string of the molecule is Cc1nc(-c2cccnc2)sc1-c1nc(-c2nc(C)c(C)c(C)n2)no1. The van der Waals surface area contributed by atoms with E-state index >= 15 is 0 Å². The third kappa shape index (κ3) is 2.88. The molecule has 0 spiro atoms. The molecule has 0 aliphatic rings. The van der Waals surface area contributed by atoms with Gasteiger partial charge in [-0.05, 0) is 45.4 Å². The lowest BCUT2D eigenvalue weighted by molar-refractivity contribution is 0.432. The van der Waals surface area contributed by atoms with Crippen molar-refractivity contribution < 1.29 is 4.52 Å². The van der Waals surface area contributed by atoms with Crippen molar-refractivity contribution >= 4 is 11.3 Å². The van der Waals surface area contributed by atoms with E-state index in [9.17, 15) is 0 Å². The summed E-state index contributed by atoms with van der Waals surface area (Å²) in [4.78, 5) is 23.0. The number of nitrogens with zero attached hydrogens (tertiary/aromatic N) is 6. The number of rotatable bonds is 3. The van der Waals surface area contributed by atoms with E-state index in [0.29, 0.717) is 17.5 Å². The van der Waals surface area contributed by atoms with Gasteiger partial charge in [0.15, 0.2) is 0 Å². The number of hydrogen-bond donors (Lipinski definition) is 0. The Morgan fingerprint density at radius 1 is 0.885 bits per heavy atom. The predicted molar refractivity (Wildman–Crippen MR) is 98.6 cm³/mol. The van der Waals surface area contributed by atoms with Crippen molar-refractivity contribution in [2.24, 2.45) is 0 Å². The third-order valence-corrected chi connectivity index (χ3v) is 5.35. The second kappa shape index (κ2) is 6.38. The molecule has 4 aromatic rings. The summed E-state index contributed by atoms with van der Waals surface area (Å²) in [5.74, 6) is 1.27. The zero-order chi connectivity index (χ0) is 18.3. The Morgan fingerprint density at radius 3 is 2.35 bits per heavy atom. The van der Waals surface area contributed by atoms with Gasteiger partial charge >= 0.3 is 0 Å². The minimum absolute atomic E-state index is 0.377. The standard InChI is InChI=1S/C18H16N6OS/c1-9-10(2)20-15(21-11(9)3)16-23-17(25-24-16)14-12(4)22-18(26-14)13-6-5-7-19-8-13/h5-8H,1-4H3. The van der Waals surface area contributed by atoms with Crippen LogP contribution in [-0.2, 0) is 0 Å². The molecule has 4 heterocycles. The van der Waals surface area contributed by atoms with Crippen LogP contribution in [0.2, 0.25) is 0 Å². The summed E-state index contributed by atoms with van der Waals surface area (Å²) in [5, 5.41) is 4.92. The molecule has 0 saturated heterocycles. The molecule has 130 valence electrons. The fourth-order valence-corrected chi connectivity index (χ4v) is 3.46. The Balaban J connectivity index is 1.72. The molecule has 0 saturated carbocycles. The van der Waals surface area contributed by atoms with Crippen LogP contribution in [0.15, 0.2) is 29.0 Å². The molecule has 0 bridgehead atoms. The van der Waals surface area contributed by atoms with Crippen LogP contribution in [0.1, 0.15) is 22.6 Å². The Hall–Kier alpha value is -3.00. The van der Waals surface area contributed by atoms with Crippen molar-refractivity contribution in [1.29, 1.82) is 0 Å². The summed E-state index contributed by atoms with van der Waals surface area (Å²) in [5.41, 5.74) is 4.68. The average Bonchev–Trinajstić information content (AvgIpc) is 3.26. The zero-order valence-electron chi connectivity index (χ0n) is 14.8. The van der Waals surface area contributed by atoms with Crippen molar-refractivity contribution in [2.45, 2.75) is 27.7 Å². The third-order valence-electron chi connectivity index (χ3n) is 4.16. The molecule has 0 fully saturated rings. The minimum Gasteiger partial charge on any atom is -0.333 e. The zero-order valence-corrected chi connectivity index (χ0v) is 15.6. The Bertz CT molecular complexity index is 1060. The molecule has 0 radical (unpaired) electrons. The molecule has 0 unspecified atom stereocenters. The highest BCUT2D eigenvalue weighted by Crippen LogP contribution is 2.34. The largest absolute Gasteiger partial charge is 0.333 e. The fraction of sp³-hybridized carbons (Fsp3) is 0.222. The monoisotopic (exact) mass is 364 g/mol. The number of aryl methyl sites for hydroxylation is 3. The first-order chi connectivity index (χ1) is 12.5. The van der Waals surface area contributed by atoms with Gasteiger partial charge in [0.05, 0.1) is 5.69 Å². The van der Waals surface area contributed by atoms with E-state index in [0.717, 1.165) is 38.1 Å². The van der Waals surface area contributed by atoms with Gasteiger partial charge in [-0.2, -0.15) is 4.98 Å². The second-order valence-electron chi connectivity index (χ2n) is 5.94. The number of hydrogen-bond acceptors (Lipinski definition) is 8. The lowest BCUT2D eigenvalue weighted by Gasteiger charge is -2.03. The van der Waals surface area contributed by atoms with E-state index in [1.807, 2.05) is 39.8 Å². The summed E-state index contributed by atoms with van der Waals surface area (Å²) in [6.07, 6.45) is 3.52. The Kier molecular flexibility index (Phi) is 4.04.